The quantitative estimate of drug-likeness (QED) is 0.283. The van der Waals surface area contributed by atoms with Crippen LogP contribution in [-0.4, -0.2) is 0 Å². The molecule has 4 aliphatic carbocycles. The van der Waals surface area contributed by atoms with E-state index in [1.54, 1.807) is 16.7 Å². The third-order valence-electron chi connectivity index (χ3n) is 14.5. The molecular weight excluding hydrogens is 709 g/mol. The molecule has 0 aromatic heterocycles. The van der Waals surface area contributed by atoms with E-state index in [4.69, 9.17) is 0 Å². The lowest BCUT2D eigenvalue weighted by Gasteiger charge is -2.48. The molecule has 0 N–H and O–H groups in total. The Bertz CT molecular complexity index is 1000. The SMILES string of the molecule is C.C.C.C.CC.CC.CC.CC.CC.CC.CC.CC.CC1C(C)C2C[C@H](C)C(C(C)C)(C(C)C)C2C1C.Cc1cc2c(c(C)c1C)C1CCCC1C2(C(C)C)C(C)C. The van der Waals surface area contributed by atoms with E-state index in [1.807, 2.05) is 111 Å². The maximum atomic E-state index is 2.57. The molecule has 3 saturated carbocycles. The molecule has 0 heteroatoms. The fourth-order valence-electron chi connectivity index (χ4n) is 12.8. The minimum atomic E-state index is 0. The molecule has 3 fully saturated rings. The predicted molar refractivity (Wildman–Crippen MR) is 290 cm³/mol. The molecule has 7 unspecified atom stereocenters. The number of fused-ring (bicyclic) bond motifs is 4. The van der Waals surface area contributed by atoms with Crippen LogP contribution >= 0.6 is 0 Å². The summed E-state index contributed by atoms with van der Waals surface area (Å²) in [7, 11) is 0. The van der Waals surface area contributed by atoms with Crippen molar-refractivity contribution in [3.05, 3.63) is 33.9 Å². The van der Waals surface area contributed by atoms with Crippen molar-refractivity contribution < 1.29 is 0 Å². The highest BCUT2D eigenvalue weighted by atomic mass is 14.7. The molecule has 0 nitrogen and oxygen atoms in total. The Morgan fingerprint density at radius 1 is 0.492 bits per heavy atom. The van der Waals surface area contributed by atoms with Crippen molar-refractivity contribution in [2.75, 3.05) is 0 Å². The zero-order valence-corrected chi connectivity index (χ0v) is 44.8. The molecule has 1 aromatic carbocycles. The third kappa shape index (κ3) is 15.8. The number of hydrogen-bond donors (Lipinski definition) is 0. The first-order valence-corrected chi connectivity index (χ1v) is 25.2. The van der Waals surface area contributed by atoms with Gasteiger partial charge in [0, 0.05) is 5.41 Å². The van der Waals surface area contributed by atoms with Crippen molar-refractivity contribution in [2.45, 2.75) is 281 Å². The van der Waals surface area contributed by atoms with Gasteiger partial charge in [0.05, 0.1) is 0 Å². The normalized spacial score (nSPS) is 24.6. The first-order valence-electron chi connectivity index (χ1n) is 25.2. The molecule has 0 heterocycles. The molecule has 4 aliphatic rings. The van der Waals surface area contributed by atoms with E-state index in [0.29, 0.717) is 10.8 Å². The largest absolute Gasteiger partial charge is 0.0776 e. The number of hydrogen-bond acceptors (Lipinski definition) is 0. The molecule has 0 saturated heterocycles. The van der Waals surface area contributed by atoms with Crippen molar-refractivity contribution >= 4 is 0 Å². The summed E-state index contributed by atoms with van der Waals surface area (Å²) in [5.41, 5.74) is 9.10. The van der Waals surface area contributed by atoms with Gasteiger partial charge in [-0.15, -0.1) is 0 Å². The van der Waals surface area contributed by atoms with Crippen LogP contribution in [0.15, 0.2) is 6.07 Å². The molecule has 0 amide bonds. The standard InChI is InChI=1S/C21H32.C18H34.8C2H6.4CH4/c1-12(2)21(13(3)4)18-10-8-9-17(18)20-16(7)15(6)14(5)11-19(20)21;1-10(2)18(11(3)4)12(5)9-16-14(7)13(6)15(8)17(16)18;8*1-2;;;;/h11-13,17-18H,8-10H2,1-7H3;10-17H,9H2,1-8H3;8*1-2H3;4*1H4/t;12-,13?,14?,15?,16?,17?;;;;;;;;;;;;/m.0............/s1. The van der Waals surface area contributed by atoms with Gasteiger partial charge >= 0.3 is 0 Å². The van der Waals surface area contributed by atoms with Crippen LogP contribution in [0.4, 0.5) is 0 Å². The Kier molecular flexibility index (Phi) is 53.4. The summed E-state index contributed by atoms with van der Waals surface area (Å²) in [6.07, 6.45) is 5.77. The first-order chi connectivity index (χ1) is 26.1. The van der Waals surface area contributed by atoms with Gasteiger partial charge in [0.15, 0.2) is 0 Å². The molecule has 5 rings (SSSR count). The number of rotatable bonds is 4. The zero-order valence-electron chi connectivity index (χ0n) is 44.8. The molecule has 0 aliphatic heterocycles. The van der Waals surface area contributed by atoms with Gasteiger partial charge in [-0.25, -0.2) is 0 Å². The summed E-state index contributed by atoms with van der Waals surface area (Å²) in [6, 6.07) is 2.57. The molecule has 366 valence electrons. The lowest BCUT2D eigenvalue weighted by atomic mass is 9.56. The topological polar surface area (TPSA) is 0 Å². The second kappa shape index (κ2) is 40.0. The van der Waals surface area contributed by atoms with E-state index in [-0.39, 0.29) is 29.7 Å². The number of benzene rings is 1. The molecule has 1 aromatic rings. The highest BCUT2D eigenvalue weighted by Crippen LogP contribution is 2.68. The summed E-state index contributed by atoms with van der Waals surface area (Å²) in [5, 5.41) is 0. The van der Waals surface area contributed by atoms with Gasteiger partial charge < -0.3 is 0 Å². The zero-order chi connectivity index (χ0) is 45.4. The lowest BCUT2D eigenvalue weighted by molar-refractivity contribution is -0.0100. The monoisotopic (exact) mass is 839 g/mol. The molecular formula is C59H130. The van der Waals surface area contributed by atoms with Crippen molar-refractivity contribution in [3.63, 3.8) is 0 Å². The van der Waals surface area contributed by atoms with Crippen molar-refractivity contribution in [1.29, 1.82) is 0 Å². The minimum absolute atomic E-state index is 0. The van der Waals surface area contributed by atoms with Gasteiger partial charge in [-0.05, 0) is 144 Å². The van der Waals surface area contributed by atoms with Crippen molar-refractivity contribution in [1.82, 2.24) is 0 Å². The van der Waals surface area contributed by atoms with Crippen molar-refractivity contribution in [2.24, 2.45) is 70.5 Å². The Morgan fingerprint density at radius 2 is 0.864 bits per heavy atom. The fraction of sp³-hybridized carbons (Fsp3) is 0.898. The van der Waals surface area contributed by atoms with Crippen LogP contribution < -0.4 is 0 Å². The Hall–Kier alpha value is -0.780. The van der Waals surface area contributed by atoms with Gasteiger partial charge in [0.1, 0.15) is 0 Å². The summed E-state index contributed by atoms with van der Waals surface area (Å²) in [4.78, 5) is 0. The average molecular weight is 840 g/mol. The van der Waals surface area contributed by atoms with Gasteiger partial charge in [-0.1, -0.05) is 236 Å². The molecule has 0 spiro atoms. The van der Waals surface area contributed by atoms with E-state index < -0.39 is 0 Å². The fourth-order valence-corrected chi connectivity index (χ4v) is 12.8. The van der Waals surface area contributed by atoms with Gasteiger partial charge in [0.25, 0.3) is 0 Å². The van der Waals surface area contributed by atoms with Gasteiger partial charge in [-0.2, -0.15) is 0 Å². The summed E-state index contributed by atoms with van der Waals surface area (Å²) < 4.78 is 0. The summed E-state index contributed by atoms with van der Waals surface area (Å²) in [6.45, 7) is 68.9. The van der Waals surface area contributed by atoms with E-state index >= 15 is 0 Å². The van der Waals surface area contributed by atoms with Crippen molar-refractivity contribution in [3.8, 4) is 0 Å². The second-order valence-electron chi connectivity index (χ2n) is 16.5. The molecule has 0 radical (unpaired) electrons. The highest BCUT2D eigenvalue weighted by molar-refractivity contribution is 5.55. The van der Waals surface area contributed by atoms with Crippen LogP contribution in [0.25, 0.3) is 0 Å². The second-order valence-corrected chi connectivity index (χ2v) is 16.5. The van der Waals surface area contributed by atoms with Crippen LogP contribution in [0.5, 0.6) is 0 Å². The Morgan fingerprint density at radius 3 is 1.20 bits per heavy atom. The van der Waals surface area contributed by atoms with E-state index in [2.05, 4.69) is 110 Å². The van der Waals surface area contributed by atoms with Gasteiger partial charge in [-0.3, -0.25) is 0 Å². The van der Waals surface area contributed by atoms with E-state index in [0.717, 1.165) is 71.0 Å². The maximum Gasteiger partial charge on any atom is 0.00360 e. The lowest BCUT2D eigenvalue weighted by Crippen LogP contribution is -2.44. The van der Waals surface area contributed by atoms with E-state index in [1.165, 1.54) is 36.8 Å². The molecule has 0 bridgehead atoms. The Labute approximate surface area is 384 Å². The van der Waals surface area contributed by atoms with Crippen LogP contribution in [0.1, 0.15) is 283 Å². The first kappa shape index (κ1) is 78.7. The number of aryl methyl sites for hydroxylation is 1. The smallest absolute Gasteiger partial charge is 0.00360 e. The highest BCUT2D eigenvalue weighted by Gasteiger charge is 2.63. The molecule has 59 heavy (non-hydrogen) atoms. The van der Waals surface area contributed by atoms with Crippen LogP contribution in [-0.2, 0) is 5.41 Å². The van der Waals surface area contributed by atoms with Crippen LogP contribution in [0.3, 0.4) is 0 Å². The van der Waals surface area contributed by atoms with Crippen LogP contribution in [0, 0.1) is 91.3 Å². The van der Waals surface area contributed by atoms with Gasteiger partial charge in [0.2, 0.25) is 0 Å². The molecule has 8 atom stereocenters. The minimum Gasteiger partial charge on any atom is -0.0776 e. The predicted octanol–water partition coefficient (Wildman–Crippen LogP) is 22.3. The Balaban J connectivity index is -0.0000000864. The van der Waals surface area contributed by atoms with E-state index in [9.17, 15) is 0 Å². The third-order valence-corrected chi connectivity index (χ3v) is 14.5. The summed E-state index contributed by atoms with van der Waals surface area (Å²) in [5.74, 6) is 10.5. The van der Waals surface area contributed by atoms with Crippen LogP contribution in [0.2, 0.25) is 0 Å². The maximum absolute atomic E-state index is 2.57. The average Bonchev–Trinajstić information content (AvgIpc) is 3.94. The summed E-state index contributed by atoms with van der Waals surface area (Å²) >= 11 is 0.